The normalized spacial score (nSPS) is 14.9. The maximum Gasteiger partial charge on any atom is 0.243 e. The molecule has 3 aromatic rings. The van der Waals surface area contributed by atoms with Gasteiger partial charge in [0.25, 0.3) is 0 Å². The fourth-order valence-electron chi connectivity index (χ4n) is 4.09. The number of hydrogen-bond acceptors (Lipinski definition) is 7. The van der Waals surface area contributed by atoms with Gasteiger partial charge in [-0.05, 0) is 29.7 Å². The SMILES string of the molecule is CCCc1ccc(Cc2csc(N3CCN(S(=O)(=O)c4ccc(OC)c(OC)c4)CC3)n2)cc1. The Morgan fingerprint density at radius 3 is 2.26 bits per heavy atom. The van der Waals surface area contributed by atoms with E-state index in [4.69, 9.17) is 14.5 Å². The van der Waals surface area contributed by atoms with E-state index in [2.05, 4.69) is 41.5 Å². The molecule has 2 heterocycles. The number of ether oxygens (including phenoxy) is 2. The highest BCUT2D eigenvalue weighted by Crippen LogP contribution is 2.31. The van der Waals surface area contributed by atoms with Gasteiger partial charge in [0.1, 0.15) is 0 Å². The first-order valence-corrected chi connectivity index (χ1v) is 13.8. The average molecular weight is 502 g/mol. The van der Waals surface area contributed by atoms with E-state index in [9.17, 15) is 8.42 Å². The summed E-state index contributed by atoms with van der Waals surface area (Å²) in [6, 6.07) is 13.5. The number of benzene rings is 2. The van der Waals surface area contributed by atoms with E-state index < -0.39 is 10.0 Å². The van der Waals surface area contributed by atoms with Crippen LogP contribution in [0.25, 0.3) is 0 Å². The Bertz CT molecular complexity index is 1200. The molecule has 1 aliphatic rings. The van der Waals surface area contributed by atoms with Crippen molar-refractivity contribution in [1.82, 2.24) is 9.29 Å². The molecule has 0 N–H and O–H groups in total. The van der Waals surface area contributed by atoms with E-state index in [0.29, 0.717) is 37.7 Å². The summed E-state index contributed by atoms with van der Waals surface area (Å²) in [4.78, 5) is 7.20. The van der Waals surface area contributed by atoms with Crippen LogP contribution < -0.4 is 14.4 Å². The van der Waals surface area contributed by atoms with Crippen molar-refractivity contribution in [1.29, 1.82) is 0 Å². The summed E-state index contributed by atoms with van der Waals surface area (Å²) in [5, 5.41) is 3.04. The predicted molar refractivity (Wildman–Crippen MR) is 136 cm³/mol. The van der Waals surface area contributed by atoms with Crippen molar-refractivity contribution < 1.29 is 17.9 Å². The zero-order chi connectivity index (χ0) is 24.1. The summed E-state index contributed by atoms with van der Waals surface area (Å²) in [6.07, 6.45) is 3.06. The van der Waals surface area contributed by atoms with Crippen LogP contribution in [0.1, 0.15) is 30.2 Å². The van der Waals surface area contributed by atoms with Gasteiger partial charge in [-0.25, -0.2) is 13.4 Å². The number of anilines is 1. The first-order valence-electron chi connectivity index (χ1n) is 11.4. The van der Waals surface area contributed by atoms with Gasteiger partial charge < -0.3 is 14.4 Å². The fraction of sp³-hybridized carbons (Fsp3) is 0.400. The fourth-order valence-corrected chi connectivity index (χ4v) is 6.41. The van der Waals surface area contributed by atoms with Crippen molar-refractivity contribution in [2.45, 2.75) is 31.1 Å². The largest absolute Gasteiger partial charge is 0.493 e. The minimum Gasteiger partial charge on any atom is -0.493 e. The number of aromatic nitrogens is 1. The summed E-state index contributed by atoms with van der Waals surface area (Å²) in [5.41, 5.74) is 3.66. The van der Waals surface area contributed by atoms with E-state index in [1.807, 2.05) is 0 Å². The lowest BCUT2D eigenvalue weighted by Crippen LogP contribution is -2.48. The van der Waals surface area contributed by atoms with Crippen molar-refractivity contribution in [3.63, 3.8) is 0 Å². The Kier molecular flexibility index (Phi) is 7.75. The maximum atomic E-state index is 13.2. The van der Waals surface area contributed by atoms with Crippen LogP contribution in [0.2, 0.25) is 0 Å². The van der Waals surface area contributed by atoms with Crippen molar-refractivity contribution in [2.24, 2.45) is 0 Å². The number of aryl methyl sites for hydroxylation is 1. The van der Waals surface area contributed by atoms with E-state index in [0.717, 1.165) is 30.1 Å². The molecule has 0 saturated carbocycles. The molecule has 9 heteroatoms. The molecule has 0 spiro atoms. The van der Waals surface area contributed by atoms with E-state index >= 15 is 0 Å². The molecule has 34 heavy (non-hydrogen) atoms. The molecule has 0 amide bonds. The van der Waals surface area contributed by atoms with Gasteiger partial charge in [-0.1, -0.05) is 37.6 Å². The zero-order valence-electron chi connectivity index (χ0n) is 19.9. The van der Waals surface area contributed by atoms with Crippen LogP contribution in [-0.4, -0.2) is 58.1 Å². The van der Waals surface area contributed by atoms with Gasteiger partial charge in [-0.15, -0.1) is 11.3 Å². The summed E-state index contributed by atoms with van der Waals surface area (Å²) in [7, 11) is -0.591. The third kappa shape index (κ3) is 5.37. The van der Waals surface area contributed by atoms with Gasteiger partial charge in [0.15, 0.2) is 16.6 Å². The van der Waals surface area contributed by atoms with E-state index in [1.54, 1.807) is 23.5 Å². The number of piperazine rings is 1. The highest BCUT2D eigenvalue weighted by Gasteiger charge is 2.30. The molecule has 0 atom stereocenters. The Labute approximate surface area is 206 Å². The maximum absolute atomic E-state index is 13.2. The molecule has 2 aromatic carbocycles. The summed E-state index contributed by atoms with van der Waals surface area (Å²) >= 11 is 1.62. The molecule has 1 saturated heterocycles. The highest BCUT2D eigenvalue weighted by molar-refractivity contribution is 7.89. The molecule has 1 aromatic heterocycles. The highest BCUT2D eigenvalue weighted by atomic mass is 32.2. The standard InChI is InChI=1S/C25H31N3O4S2/c1-4-5-19-6-8-20(9-7-19)16-21-18-33-25(26-21)27-12-14-28(15-13-27)34(29,30)22-10-11-23(31-2)24(17-22)32-3/h6-11,17-18H,4-5,12-16H2,1-3H3. The summed E-state index contributed by atoms with van der Waals surface area (Å²) in [6.45, 7) is 4.21. The van der Waals surface area contributed by atoms with E-state index in [-0.39, 0.29) is 4.90 Å². The molecular formula is C25H31N3O4S2. The van der Waals surface area contributed by atoms with Crippen molar-refractivity contribution in [3.8, 4) is 11.5 Å². The lowest BCUT2D eigenvalue weighted by molar-refractivity contribution is 0.353. The number of sulfonamides is 1. The van der Waals surface area contributed by atoms with Gasteiger partial charge in [0.05, 0.1) is 24.8 Å². The van der Waals surface area contributed by atoms with Crippen LogP contribution in [0.4, 0.5) is 5.13 Å². The van der Waals surface area contributed by atoms with Gasteiger partial charge in [-0.2, -0.15) is 4.31 Å². The molecule has 4 rings (SSSR count). The number of nitrogens with zero attached hydrogens (tertiary/aromatic N) is 3. The van der Waals surface area contributed by atoms with Gasteiger partial charge in [0.2, 0.25) is 10.0 Å². The van der Waals surface area contributed by atoms with Gasteiger partial charge in [-0.3, -0.25) is 0 Å². The van der Waals surface area contributed by atoms with Crippen LogP contribution in [0.3, 0.4) is 0 Å². The second kappa shape index (κ2) is 10.8. The van der Waals surface area contributed by atoms with Crippen LogP contribution >= 0.6 is 11.3 Å². The number of methoxy groups -OCH3 is 2. The molecule has 0 aliphatic carbocycles. The minimum atomic E-state index is -3.61. The third-order valence-corrected chi connectivity index (χ3v) is 8.83. The monoisotopic (exact) mass is 501 g/mol. The Morgan fingerprint density at radius 1 is 0.941 bits per heavy atom. The topological polar surface area (TPSA) is 72.0 Å². The van der Waals surface area contributed by atoms with Crippen LogP contribution in [0.15, 0.2) is 52.7 Å². The quantitative estimate of drug-likeness (QED) is 0.437. The summed E-state index contributed by atoms with van der Waals surface area (Å²) in [5.74, 6) is 0.903. The molecule has 0 bridgehead atoms. The van der Waals surface area contributed by atoms with Crippen LogP contribution in [0.5, 0.6) is 11.5 Å². The lowest BCUT2D eigenvalue weighted by Gasteiger charge is -2.33. The molecule has 1 aliphatic heterocycles. The first kappa shape index (κ1) is 24.5. The van der Waals surface area contributed by atoms with Gasteiger partial charge >= 0.3 is 0 Å². The first-order chi connectivity index (χ1) is 16.4. The second-order valence-corrected chi connectivity index (χ2v) is 11.0. The molecule has 1 fully saturated rings. The molecule has 7 nitrogen and oxygen atoms in total. The predicted octanol–water partition coefficient (Wildman–Crippen LogP) is 4.21. The van der Waals surface area contributed by atoms with E-state index in [1.165, 1.54) is 35.7 Å². The summed E-state index contributed by atoms with van der Waals surface area (Å²) < 4.78 is 38.4. The average Bonchev–Trinajstić information content (AvgIpc) is 3.33. The number of rotatable bonds is 9. The van der Waals surface area contributed by atoms with Crippen molar-refractivity contribution in [2.75, 3.05) is 45.3 Å². The zero-order valence-corrected chi connectivity index (χ0v) is 21.5. The minimum absolute atomic E-state index is 0.208. The molecule has 182 valence electrons. The van der Waals surface area contributed by atoms with Gasteiger partial charge in [0, 0.05) is 44.0 Å². The number of hydrogen-bond donors (Lipinski definition) is 0. The Hall–Kier alpha value is -2.62. The van der Waals surface area contributed by atoms with Crippen molar-refractivity contribution in [3.05, 3.63) is 64.7 Å². The smallest absolute Gasteiger partial charge is 0.243 e. The van der Waals surface area contributed by atoms with Crippen molar-refractivity contribution >= 4 is 26.5 Å². The second-order valence-electron chi connectivity index (χ2n) is 8.27. The number of thiazole rings is 1. The van der Waals surface area contributed by atoms with Crippen LogP contribution in [0, 0.1) is 0 Å². The Balaban J connectivity index is 1.38. The Morgan fingerprint density at radius 2 is 1.62 bits per heavy atom. The third-order valence-electron chi connectivity index (χ3n) is 5.99. The molecular weight excluding hydrogens is 470 g/mol. The lowest BCUT2D eigenvalue weighted by atomic mass is 10.1. The molecule has 0 radical (unpaired) electrons. The van der Waals surface area contributed by atoms with Crippen LogP contribution in [-0.2, 0) is 22.9 Å². The molecule has 0 unspecified atom stereocenters.